The minimum atomic E-state index is -0.0345. The molecule has 0 unspecified atom stereocenters. The van der Waals surface area contributed by atoms with Crippen molar-refractivity contribution in [1.82, 2.24) is 20.3 Å². The first-order valence-electron chi connectivity index (χ1n) is 8.09. The summed E-state index contributed by atoms with van der Waals surface area (Å²) in [5.74, 6) is 1.61. The lowest BCUT2D eigenvalue weighted by atomic mass is 10.0. The molecule has 0 aromatic carbocycles. The molecule has 0 aliphatic carbocycles. The van der Waals surface area contributed by atoms with Crippen molar-refractivity contribution in [3.05, 3.63) is 42.4 Å². The van der Waals surface area contributed by atoms with Gasteiger partial charge >= 0.3 is 0 Å². The zero-order valence-electron chi connectivity index (χ0n) is 14.0. The highest BCUT2D eigenvalue weighted by Crippen LogP contribution is 2.19. The Morgan fingerprint density at radius 3 is 2.54 bits per heavy atom. The quantitative estimate of drug-likeness (QED) is 0.914. The number of nitrogens with zero attached hydrogens (tertiary/aromatic N) is 5. The monoisotopic (exact) mass is 326 g/mol. The highest BCUT2D eigenvalue weighted by atomic mass is 16.1. The standard InChI is InChI=1S/C17H22N6O/c1-22(2)17-19-10-5-15(21-17)23-11-6-14(7-12-23)20-16(24)13-3-8-18-9-4-13/h3-5,8-10,14H,6-7,11-12H2,1-2H3,(H,20,24). The van der Waals surface area contributed by atoms with Gasteiger partial charge in [-0.05, 0) is 31.0 Å². The number of nitrogens with one attached hydrogen (secondary N) is 1. The third kappa shape index (κ3) is 3.79. The number of amides is 1. The van der Waals surface area contributed by atoms with Gasteiger partial charge in [0.05, 0.1) is 0 Å². The molecule has 1 fully saturated rings. The number of carbonyl (C=O) groups excluding carboxylic acids is 1. The molecule has 0 spiro atoms. The average molecular weight is 326 g/mol. The molecular formula is C17H22N6O. The molecule has 2 aromatic heterocycles. The molecular weight excluding hydrogens is 304 g/mol. The van der Waals surface area contributed by atoms with E-state index >= 15 is 0 Å². The Hall–Kier alpha value is -2.70. The molecule has 3 heterocycles. The second-order valence-corrected chi connectivity index (χ2v) is 6.08. The Morgan fingerprint density at radius 2 is 1.88 bits per heavy atom. The van der Waals surface area contributed by atoms with Crippen LogP contribution in [0.2, 0.25) is 0 Å². The van der Waals surface area contributed by atoms with E-state index in [1.165, 1.54) is 0 Å². The van der Waals surface area contributed by atoms with Gasteiger partial charge in [0.1, 0.15) is 5.82 Å². The molecule has 1 aliphatic heterocycles. The summed E-state index contributed by atoms with van der Waals surface area (Å²) in [7, 11) is 3.86. The van der Waals surface area contributed by atoms with E-state index in [1.807, 2.05) is 25.1 Å². The van der Waals surface area contributed by atoms with Crippen LogP contribution < -0.4 is 15.1 Å². The number of hydrogen-bond acceptors (Lipinski definition) is 6. The summed E-state index contributed by atoms with van der Waals surface area (Å²) in [4.78, 5) is 29.1. The predicted molar refractivity (Wildman–Crippen MR) is 93.3 cm³/mol. The molecule has 0 saturated carbocycles. The van der Waals surface area contributed by atoms with E-state index in [-0.39, 0.29) is 11.9 Å². The molecule has 0 radical (unpaired) electrons. The van der Waals surface area contributed by atoms with E-state index in [9.17, 15) is 4.79 Å². The van der Waals surface area contributed by atoms with Gasteiger partial charge in [-0.15, -0.1) is 0 Å². The molecule has 2 aromatic rings. The third-order valence-corrected chi connectivity index (χ3v) is 4.12. The van der Waals surface area contributed by atoms with Crippen LogP contribution in [-0.4, -0.2) is 54.1 Å². The van der Waals surface area contributed by atoms with Gasteiger partial charge < -0.3 is 15.1 Å². The fraction of sp³-hybridized carbons (Fsp3) is 0.412. The number of hydrogen-bond donors (Lipinski definition) is 1. The topological polar surface area (TPSA) is 74.2 Å². The number of carbonyl (C=O) groups is 1. The SMILES string of the molecule is CN(C)c1nccc(N2CCC(NC(=O)c3ccncc3)CC2)n1. The van der Waals surface area contributed by atoms with Crippen molar-refractivity contribution >= 4 is 17.7 Å². The van der Waals surface area contributed by atoms with Crippen molar-refractivity contribution in [3.8, 4) is 0 Å². The second-order valence-electron chi connectivity index (χ2n) is 6.08. The van der Waals surface area contributed by atoms with Crippen LogP contribution in [0, 0.1) is 0 Å². The van der Waals surface area contributed by atoms with Crippen LogP contribution in [0.4, 0.5) is 11.8 Å². The summed E-state index contributed by atoms with van der Waals surface area (Å²) < 4.78 is 0. The maximum atomic E-state index is 12.2. The van der Waals surface area contributed by atoms with Gasteiger partial charge in [0.15, 0.2) is 0 Å². The Kier molecular flexibility index (Phi) is 4.88. The molecule has 0 atom stereocenters. The Bertz CT molecular complexity index is 682. The van der Waals surface area contributed by atoms with Crippen molar-refractivity contribution in [2.45, 2.75) is 18.9 Å². The maximum absolute atomic E-state index is 12.2. The lowest BCUT2D eigenvalue weighted by molar-refractivity contribution is 0.0931. The predicted octanol–water partition coefficient (Wildman–Crippen LogP) is 1.34. The summed E-state index contributed by atoms with van der Waals surface area (Å²) in [6, 6.07) is 5.59. The molecule has 24 heavy (non-hydrogen) atoms. The minimum absolute atomic E-state index is 0.0345. The van der Waals surface area contributed by atoms with E-state index < -0.39 is 0 Å². The first-order chi connectivity index (χ1) is 11.6. The third-order valence-electron chi connectivity index (χ3n) is 4.12. The van der Waals surface area contributed by atoms with Crippen molar-refractivity contribution in [2.75, 3.05) is 37.0 Å². The lowest BCUT2D eigenvalue weighted by Crippen LogP contribution is -2.45. The fourth-order valence-corrected chi connectivity index (χ4v) is 2.76. The van der Waals surface area contributed by atoms with Crippen molar-refractivity contribution in [2.24, 2.45) is 0 Å². The fourth-order valence-electron chi connectivity index (χ4n) is 2.76. The van der Waals surface area contributed by atoms with Crippen molar-refractivity contribution in [3.63, 3.8) is 0 Å². The molecule has 1 amide bonds. The summed E-state index contributed by atoms with van der Waals surface area (Å²) in [6.45, 7) is 1.73. The van der Waals surface area contributed by atoms with E-state index in [1.54, 1.807) is 30.7 Å². The molecule has 7 heteroatoms. The van der Waals surface area contributed by atoms with Crippen LogP contribution >= 0.6 is 0 Å². The summed E-state index contributed by atoms with van der Waals surface area (Å²) in [6.07, 6.45) is 6.86. The van der Waals surface area contributed by atoms with E-state index in [4.69, 9.17) is 0 Å². The highest BCUT2D eigenvalue weighted by Gasteiger charge is 2.22. The zero-order chi connectivity index (χ0) is 16.9. The minimum Gasteiger partial charge on any atom is -0.356 e. The maximum Gasteiger partial charge on any atom is 0.251 e. The Morgan fingerprint density at radius 1 is 1.17 bits per heavy atom. The van der Waals surface area contributed by atoms with Crippen LogP contribution in [0.3, 0.4) is 0 Å². The number of pyridine rings is 1. The molecule has 0 bridgehead atoms. The van der Waals surface area contributed by atoms with Crippen LogP contribution in [0.15, 0.2) is 36.8 Å². The zero-order valence-corrected chi connectivity index (χ0v) is 14.0. The summed E-state index contributed by atoms with van der Waals surface area (Å²) >= 11 is 0. The molecule has 3 rings (SSSR count). The smallest absolute Gasteiger partial charge is 0.251 e. The van der Waals surface area contributed by atoms with E-state index in [0.717, 1.165) is 31.7 Å². The van der Waals surface area contributed by atoms with Crippen molar-refractivity contribution < 1.29 is 4.79 Å². The molecule has 1 N–H and O–H groups in total. The van der Waals surface area contributed by atoms with Gasteiger partial charge in [0.25, 0.3) is 5.91 Å². The molecule has 1 aliphatic rings. The summed E-state index contributed by atoms with van der Waals surface area (Å²) in [5.41, 5.74) is 0.652. The number of anilines is 2. The van der Waals surface area contributed by atoms with Gasteiger partial charge in [0, 0.05) is 57.4 Å². The molecule has 1 saturated heterocycles. The van der Waals surface area contributed by atoms with E-state index in [2.05, 4.69) is 25.2 Å². The van der Waals surface area contributed by atoms with Gasteiger partial charge in [-0.25, -0.2) is 4.98 Å². The number of aromatic nitrogens is 3. The average Bonchev–Trinajstić information content (AvgIpc) is 2.63. The van der Waals surface area contributed by atoms with Crippen LogP contribution in [-0.2, 0) is 0 Å². The molecule has 126 valence electrons. The Labute approximate surface area is 141 Å². The number of rotatable bonds is 4. The van der Waals surface area contributed by atoms with Crippen LogP contribution in [0.25, 0.3) is 0 Å². The van der Waals surface area contributed by atoms with Gasteiger partial charge in [-0.1, -0.05) is 0 Å². The molecule has 7 nitrogen and oxygen atoms in total. The van der Waals surface area contributed by atoms with Gasteiger partial charge in [0.2, 0.25) is 5.95 Å². The normalized spacial score (nSPS) is 15.2. The van der Waals surface area contributed by atoms with Crippen LogP contribution in [0.5, 0.6) is 0 Å². The Balaban J connectivity index is 1.56. The first kappa shape index (κ1) is 16.2. The van der Waals surface area contributed by atoms with Gasteiger partial charge in [-0.2, -0.15) is 4.98 Å². The lowest BCUT2D eigenvalue weighted by Gasteiger charge is -2.33. The largest absolute Gasteiger partial charge is 0.356 e. The van der Waals surface area contributed by atoms with Crippen LogP contribution in [0.1, 0.15) is 23.2 Å². The summed E-state index contributed by atoms with van der Waals surface area (Å²) in [5, 5.41) is 3.10. The first-order valence-corrected chi connectivity index (χ1v) is 8.09. The highest BCUT2D eigenvalue weighted by molar-refractivity contribution is 5.94. The van der Waals surface area contributed by atoms with Gasteiger partial charge in [-0.3, -0.25) is 9.78 Å². The number of piperidine rings is 1. The van der Waals surface area contributed by atoms with Crippen molar-refractivity contribution in [1.29, 1.82) is 0 Å². The second kappa shape index (κ2) is 7.25. The van der Waals surface area contributed by atoms with E-state index in [0.29, 0.717) is 11.5 Å².